The molecule has 3 aromatic heterocycles. The van der Waals surface area contributed by atoms with Crippen molar-refractivity contribution < 1.29 is 0 Å². The van der Waals surface area contributed by atoms with E-state index in [9.17, 15) is 0 Å². The lowest BCUT2D eigenvalue weighted by atomic mass is 9.82. The second kappa shape index (κ2) is 10.9. The third kappa shape index (κ3) is 4.05. The zero-order valence-corrected chi connectivity index (χ0v) is 31.3. The molecular formula is C52H33N5. The minimum absolute atomic E-state index is 0.107. The highest BCUT2D eigenvalue weighted by atomic mass is 15.3. The lowest BCUT2D eigenvalue weighted by Crippen LogP contribution is -2.15. The van der Waals surface area contributed by atoms with Crippen LogP contribution in [0.4, 0.5) is 0 Å². The Morgan fingerprint density at radius 1 is 0.456 bits per heavy atom. The Balaban J connectivity index is 0.993. The number of rotatable bonds is 3. The van der Waals surface area contributed by atoms with E-state index in [-0.39, 0.29) is 5.41 Å². The fourth-order valence-electron chi connectivity index (χ4n) is 10.1. The van der Waals surface area contributed by atoms with Crippen LogP contribution in [0, 0.1) is 0 Å². The molecule has 0 unspecified atom stereocenters. The van der Waals surface area contributed by atoms with Gasteiger partial charge in [0.25, 0.3) is 5.78 Å². The quantitative estimate of drug-likeness (QED) is 0.182. The van der Waals surface area contributed by atoms with Gasteiger partial charge in [0.1, 0.15) is 0 Å². The summed E-state index contributed by atoms with van der Waals surface area (Å²) in [6, 6.07) is 59.4. The van der Waals surface area contributed by atoms with E-state index in [1.807, 2.05) is 4.52 Å². The van der Waals surface area contributed by atoms with Crippen molar-refractivity contribution in [3.05, 3.63) is 175 Å². The molecule has 5 nitrogen and oxygen atoms in total. The van der Waals surface area contributed by atoms with E-state index in [1.165, 1.54) is 77.1 Å². The van der Waals surface area contributed by atoms with Crippen LogP contribution in [-0.2, 0) is 5.41 Å². The molecule has 8 aromatic carbocycles. The Morgan fingerprint density at radius 2 is 1.14 bits per heavy atom. The van der Waals surface area contributed by atoms with E-state index >= 15 is 0 Å². The molecule has 11 aromatic rings. The highest BCUT2D eigenvalue weighted by Gasteiger charge is 2.35. The van der Waals surface area contributed by atoms with Crippen molar-refractivity contribution in [3.63, 3.8) is 0 Å². The maximum atomic E-state index is 5.25. The summed E-state index contributed by atoms with van der Waals surface area (Å²) in [6.07, 6.45) is 0. The topological polar surface area (TPSA) is 48.0 Å². The first kappa shape index (κ1) is 30.9. The van der Waals surface area contributed by atoms with E-state index in [0.717, 1.165) is 33.4 Å². The molecule has 3 heterocycles. The van der Waals surface area contributed by atoms with Crippen LogP contribution in [0.25, 0.3) is 111 Å². The van der Waals surface area contributed by atoms with Crippen LogP contribution in [-0.4, -0.2) is 24.1 Å². The molecule has 2 aliphatic rings. The van der Waals surface area contributed by atoms with Gasteiger partial charge in [0.2, 0.25) is 0 Å². The molecule has 0 amide bonds. The number of benzene rings is 8. The monoisotopic (exact) mass is 727 g/mol. The van der Waals surface area contributed by atoms with E-state index in [2.05, 4.69) is 182 Å². The normalized spacial score (nSPS) is 13.6. The van der Waals surface area contributed by atoms with Crippen LogP contribution < -0.4 is 0 Å². The summed E-state index contributed by atoms with van der Waals surface area (Å²) in [6.45, 7) is 4.64. The summed E-state index contributed by atoms with van der Waals surface area (Å²) < 4.78 is 4.31. The van der Waals surface area contributed by atoms with Gasteiger partial charge in [0.05, 0.1) is 22.2 Å². The summed E-state index contributed by atoms with van der Waals surface area (Å²) in [5.41, 5.74) is 17.6. The molecule has 266 valence electrons. The third-order valence-corrected chi connectivity index (χ3v) is 12.7. The summed E-state index contributed by atoms with van der Waals surface area (Å²) in [5.74, 6) is 1.22. The van der Waals surface area contributed by atoms with Gasteiger partial charge in [-0.25, -0.2) is 4.98 Å². The average Bonchev–Trinajstić information content (AvgIpc) is 3.89. The molecule has 0 bridgehead atoms. The van der Waals surface area contributed by atoms with Crippen molar-refractivity contribution in [2.45, 2.75) is 19.3 Å². The Morgan fingerprint density at radius 3 is 2.02 bits per heavy atom. The average molecular weight is 728 g/mol. The molecule has 0 fully saturated rings. The predicted molar refractivity (Wildman–Crippen MR) is 233 cm³/mol. The van der Waals surface area contributed by atoms with Gasteiger partial charge in [-0.3, -0.25) is 0 Å². The molecule has 0 atom stereocenters. The van der Waals surface area contributed by atoms with E-state index in [0.29, 0.717) is 11.6 Å². The zero-order valence-electron chi connectivity index (χ0n) is 31.3. The summed E-state index contributed by atoms with van der Waals surface area (Å²) in [4.78, 5) is 10.4. The zero-order chi connectivity index (χ0) is 37.6. The van der Waals surface area contributed by atoms with Crippen LogP contribution >= 0.6 is 0 Å². The van der Waals surface area contributed by atoms with Crippen molar-refractivity contribution in [1.29, 1.82) is 0 Å². The van der Waals surface area contributed by atoms with Gasteiger partial charge in [-0.1, -0.05) is 141 Å². The highest BCUT2D eigenvalue weighted by Crippen LogP contribution is 2.51. The van der Waals surface area contributed by atoms with Crippen molar-refractivity contribution in [1.82, 2.24) is 24.1 Å². The molecule has 5 heteroatoms. The molecule has 0 radical (unpaired) electrons. The van der Waals surface area contributed by atoms with Crippen LogP contribution in [0.3, 0.4) is 0 Å². The number of hydrogen-bond acceptors (Lipinski definition) is 3. The lowest BCUT2D eigenvalue weighted by Gasteiger charge is -2.22. The molecule has 0 aliphatic heterocycles. The summed E-state index contributed by atoms with van der Waals surface area (Å²) in [5, 5.41) is 11.3. The van der Waals surface area contributed by atoms with Gasteiger partial charge in [0, 0.05) is 38.4 Å². The fourth-order valence-corrected chi connectivity index (χ4v) is 10.1. The fraction of sp³-hybridized carbons (Fsp3) is 0.0577. The number of hydrogen-bond donors (Lipinski definition) is 0. The molecule has 0 N–H and O–H groups in total. The van der Waals surface area contributed by atoms with Gasteiger partial charge >= 0.3 is 0 Å². The summed E-state index contributed by atoms with van der Waals surface area (Å²) >= 11 is 0. The number of aromatic nitrogens is 5. The minimum Gasteiger partial charge on any atom is -0.309 e. The first-order chi connectivity index (χ1) is 28.0. The Kier molecular flexibility index (Phi) is 5.91. The molecule has 0 spiro atoms. The van der Waals surface area contributed by atoms with Crippen molar-refractivity contribution in [3.8, 4) is 61.7 Å². The van der Waals surface area contributed by atoms with Crippen LogP contribution in [0.5, 0.6) is 0 Å². The highest BCUT2D eigenvalue weighted by molar-refractivity contribution is 6.30. The molecule has 0 saturated carbocycles. The Hall–Kier alpha value is -7.37. The lowest BCUT2D eigenvalue weighted by molar-refractivity contribution is 0.660. The largest absolute Gasteiger partial charge is 0.309 e. The van der Waals surface area contributed by atoms with Gasteiger partial charge in [-0.2, -0.15) is 9.50 Å². The van der Waals surface area contributed by atoms with Gasteiger partial charge in [-0.15, -0.1) is 5.10 Å². The second-order valence-electron chi connectivity index (χ2n) is 16.1. The molecule has 0 saturated heterocycles. The van der Waals surface area contributed by atoms with E-state index in [4.69, 9.17) is 15.1 Å². The minimum atomic E-state index is -0.107. The number of nitrogens with zero attached hydrogens (tertiary/aromatic N) is 5. The van der Waals surface area contributed by atoms with Gasteiger partial charge in [0.15, 0.2) is 5.82 Å². The first-order valence-electron chi connectivity index (χ1n) is 19.6. The smallest absolute Gasteiger partial charge is 0.253 e. The maximum absolute atomic E-state index is 5.25. The molecule has 13 rings (SSSR count). The number of para-hydroxylation sites is 1. The van der Waals surface area contributed by atoms with Crippen molar-refractivity contribution >= 4 is 49.3 Å². The Labute approximate surface area is 328 Å². The first-order valence-corrected chi connectivity index (χ1v) is 19.6. The van der Waals surface area contributed by atoms with E-state index in [1.54, 1.807) is 0 Å². The van der Waals surface area contributed by atoms with Gasteiger partial charge < -0.3 is 4.57 Å². The van der Waals surface area contributed by atoms with E-state index < -0.39 is 0 Å². The van der Waals surface area contributed by atoms with Crippen LogP contribution in [0.1, 0.15) is 25.0 Å². The van der Waals surface area contributed by atoms with Crippen LogP contribution in [0.15, 0.2) is 164 Å². The molecular weight excluding hydrogens is 695 g/mol. The second-order valence-corrected chi connectivity index (χ2v) is 16.1. The van der Waals surface area contributed by atoms with Crippen molar-refractivity contribution in [2.24, 2.45) is 0 Å². The number of fused-ring (bicyclic) bond motifs is 9. The molecule has 2 aliphatic carbocycles. The van der Waals surface area contributed by atoms with Gasteiger partial charge in [-0.05, 0) is 91.7 Å². The predicted octanol–water partition coefficient (Wildman–Crippen LogP) is 12.8. The standard InChI is InChI=1S/C52H33N5/c1-52(2)41-21-7-5-17-36(41)37-26-24-31(29-42(37)52)49-40-18-6-8-22-43(40)57-51(53-49)54-50(55-57)32-13-9-14-33(28-32)56-44-23-11-20-39-35-16-4-3-15-34(35)38-19-10-12-30-25-27-45(56)48(46(30)38)47(39)44/h3-29H,1-2H3. The Bertz CT molecular complexity index is 3560. The maximum Gasteiger partial charge on any atom is 0.253 e. The SMILES string of the molecule is CC1(C)c2ccccc2-c2ccc(-c3nc4nc(-c5cccc(-n6c7cccc8c7c7c9c(cccc9ccc76)-c6ccccc6-8)c5)nn4c4ccccc34)cc21. The summed E-state index contributed by atoms with van der Waals surface area (Å²) in [7, 11) is 0. The van der Waals surface area contributed by atoms with Crippen LogP contribution in [0.2, 0.25) is 0 Å². The molecule has 57 heavy (non-hydrogen) atoms. The van der Waals surface area contributed by atoms with Crippen molar-refractivity contribution in [2.75, 3.05) is 0 Å². The third-order valence-electron chi connectivity index (χ3n) is 12.7.